The zero-order chi connectivity index (χ0) is 13.2. The fraction of sp³-hybridized carbons (Fsp3) is 0.533. The molecule has 0 atom stereocenters. The molecule has 0 spiro atoms. The van der Waals surface area contributed by atoms with Gasteiger partial charge in [0.1, 0.15) is 0 Å². The molecule has 1 amide bonds. The quantitative estimate of drug-likeness (QED) is 0.580. The summed E-state index contributed by atoms with van der Waals surface area (Å²) in [4.78, 5) is 11.6. The van der Waals surface area contributed by atoms with E-state index in [-0.39, 0.29) is 12.5 Å². The van der Waals surface area contributed by atoms with Gasteiger partial charge >= 0.3 is 0 Å². The second-order valence-electron chi connectivity index (χ2n) is 4.66. The summed E-state index contributed by atoms with van der Waals surface area (Å²) < 4.78 is 5.16. The van der Waals surface area contributed by atoms with E-state index in [0.29, 0.717) is 6.04 Å². The van der Waals surface area contributed by atoms with Gasteiger partial charge in [-0.2, -0.15) is 0 Å². The average molecular weight is 249 g/mol. The van der Waals surface area contributed by atoms with Crippen molar-refractivity contribution in [2.24, 2.45) is 0 Å². The summed E-state index contributed by atoms with van der Waals surface area (Å²) >= 11 is 0. The Morgan fingerprint density at radius 1 is 1.39 bits per heavy atom. The smallest absolute Gasteiger partial charge is 0.258 e. The molecule has 1 rings (SSSR count). The van der Waals surface area contributed by atoms with Crippen LogP contribution in [0.15, 0.2) is 36.6 Å². The van der Waals surface area contributed by atoms with Crippen LogP contribution in [-0.2, 0) is 9.53 Å². The van der Waals surface area contributed by atoms with Crippen LogP contribution in [0.4, 0.5) is 0 Å². The molecule has 0 heterocycles. The topological polar surface area (TPSA) is 38.3 Å². The molecule has 0 saturated heterocycles. The monoisotopic (exact) mass is 249 g/mol. The molecule has 3 nitrogen and oxygen atoms in total. The lowest BCUT2D eigenvalue weighted by Crippen LogP contribution is -2.38. The molecule has 0 aromatic carbocycles. The molecule has 1 N–H and O–H groups in total. The van der Waals surface area contributed by atoms with Crippen molar-refractivity contribution in [3.8, 4) is 0 Å². The highest BCUT2D eigenvalue weighted by atomic mass is 16.5. The lowest BCUT2D eigenvalue weighted by Gasteiger charge is -2.22. The molecule has 1 fully saturated rings. The predicted octanol–water partition coefficient (Wildman–Crippen LogP) is 3.10. The lowest BCUT2D eigenvalue weighted by atomic mass is 9.95. The number of allylic oxidation sites excluding steroid dienone is 4. The first-order chi connectivity index (χ1) is 8.72. The van der Waals surface area contributed by atoms with Crippen molar-refractivity contribution in [1.29, 1.82) is 0 Å². The van der Waals surface area contributed by atoms with Gasteiger partial charge < -0.3 is 10.1 Å². The Kier molecular flexibility index (Phi) is 6.92. The molecule has 1 aliphatic rings. The highest BCUT2D eigenvalue weighted by molar-refractivity contribution is 5.77. The van der Waals surface area contributed by atoms with Gasteiger partial charge in [-0.25, -0.2) is 0 Å². The molecular weight excluding hydrogens is 226 g/mol. The minimum absolute atomic E-state index is 0.0315. The SMILES string of the molecule is C=C/C(C)=C\C=C\OCC(=O)NC1CCCCC1. The molecular formula is C15H23NO2. The number of hydrogen-bond acceptors (Lipinski definition) is 2. The van der Waals surface area contributed by atoms with Gasteiger partial charge in [-0.15, -0.1) is 0 Å². The molecule has 1 aliphatic carbocycles. The van der Waals surface area contributed by atoms with Gasteiger partial charge in [0, 0.05) is 6.04 Å². The van der Waals surface area contributed by atoms with Gasteiger partial charge in [0.15, 0.2) is 6.61 Å². The first kappa shape index (κ1) is 14.6. The summed E-state index contributed by atoms with van der Waals surface area (Å²) in [7, 11) is 0. The van der Waals surface area contributed by atoms with E-state index < -0.39 is 0 Å². The van der Waals surface area contributed by atoms with Gasteiger partial charge in [-0.3, -0.25) is 4.79 Å². The van der Waals surface area contributed by atoms with Crippen molar-refractivity contribution in [3.63, 3.8) is 0 Å². The number of ether oxygens (including phenoxy) is 1. The van der Waals surface area contributed by atoms with Crippen LogP contribution < -0.4 is 5.32 Å². The highest BCUT2D eigenvalue weighted by Crippen LogP contribution is 2.17. The summed E-state index contributed by atoms with van der Waals surface area (Å²) in [5.41, 5.74) is 1.06. The van der Waals surface area contributed by atoms with E-state index in [2.05, 4.69) is 11.9 Å². The molecule has 0 aromatic heterocycles. The van der Waals surface area contributed by atoms with E-state index >= 15 is 0 Å². The van der Waals surface area contributed by atoms with Crippen molar-refractivity contribution in [1.82, 2.24) is 5.32 Å². The number of amides is 1. The summed E-state index contributed by atoms with van der Waals surface area (Å²) in [5, 5.41) is 3.00. The Hall–Kier alpha value is -1.51. The zero-order valence-corrected chi connectivity index (χ0v) is 11.2. The van der Waals surface area contributed by atoms with Crippen LogP contribution in [0.2, 0.25) is 0 Å². The number of hydrogen-bond donors (Lipinski definition) is 1. The molecule has 0 unspecified atom stereocenters. The second-order valence-corrected chi connectivity index (χ2v) is 4.66. The Morgan fingerprint density at radius 3 is 2.78 bits per heavy atom. The lowest BCUT2D eigenvalue weighted by molar-refractivity contribution is -0.124. The Bertz CT molecular complexity index is 325. The minimum atomic E-state index is -0.0315. The largest absolute Gasteiger partial charge is 0.491 e. The standard InChI is InChI=1S/C15H23NO2/c1-3-13(2)8-7-11-18-12-15(17)16-14-9-5-4-6-10-14/h3,7-8,11,14H,1,4-6,9-10,12H2,2H3,(H,16,17)/b11-7+,13-8-. The zero-order valence-electron chi connectivity index (χ0n) is 11.2. The van der Waals surface area contributed by atoms with Crippen molar-refractivity contribution in [3.05, 3.63) is 36.6 Å². The van der Waals surface area contributed by atoms with Crippen LogP contribution >= 0.6 is 0 Å². The minimum Gasteiger partial charge on any atom is -0.491 e. The van der Waals surface area contributed by atoms with Crippen LogP contribution in [-0.4, -0.2) is 18.6 Å². The van der Waals surface area contributed by atoms with E-state index in [1.807, 2.05) is 13.0 Å². The summed E-state index contributed by atoms with van der Waals surface area (Å²) in [5.74, 6) is -0.0315. The van der Waals surface area contributed by atoms with Gasteiger partial charge in [0.2, 0.25) is 0 Å². The van der Waals surface area contributed by atoms with Gasteiger partial charge in [0.05, 0.1) is 6.26 Å². The molecule has 100 valence electrons. The van der Waals surface area contributed by atoms with E-state index in [4.69, 9.17) is 4.74 Å². The fourth-order valence-electron chi connectivity index (χ4n) is 1.95. The van der Waals surface area contributed by atoms with Crippen LogP contribution in [0.5, 0.6) is 0 Å². The molecule has 0 aromatic rings. The Morgan fingerprint density at radius 2 is 2.11 bits per heavy atom. The average Bonchev–Trinajstić information content (AvgIpc) is 2.39. The third-order valence-electron chi connectivity index (χ3n) is 3.04. The second kappa shape index (κ2) is 8.56. The van der Waals surface area contributed by atoms with Crippen LogP contribution in [0, 0.1) is 0 Å². The predicted molar refractivity (Wildman–Crippen MR) is 74.1 cm³/mol. The maximum absolute atomic E-state index is 11.6. The third kappa shape index (κ3) is 6.28. The number of carbonyl (C=O) groups is 1. The summed E-state index contributed by atoms with van der Waals surface area (Å²) in [6.45, 7) is 5.69. The van der Waals surface area contributed by atoms with Gasteiger partial charge in [-0.1, -0.05) is 43.6 Å². The Balaban J connectivity index is 2.14. The maximum atomic E-state index is 11.6. The maximum Gasteiger partial charge on any atom is 0.258 e. The molecule has 3 heteroatoms. The molecule has 0 aliphatic heterocycles. The first-order valence-corrected chi connectivity index (χ1v) is 6.59. The third-order valence-corrected chi connectivity index (χ3v) is 3.04. The number of rotatable bonds is 6. The molecule has 0 radical (unpaired) electrons. The van der Waals surface area contributed by atoms with Crippen molar-refractivity contribution < 1.29 is 9.53 Å². The van der Waals surface area contributed by atoms with Gasteiger partial charge in [0.25, 0.3) is 5.91 Å². The molecule has 1 saturated carbocycles. The van der Waals surface area contributed by atoms with Crippen molar-refractivity contribution in [2.75, 3.05) is 6.61 Å². The van der Waals surface area contributed by atoms with E-state index in [9.17, 15) is 4.79 Å². The fourth-order valence-corrected chi connectivity index (χ4v) is 1.95. The van der Waals surface area contributed by atoms with Crippen LogP contribution in [0.1, 0.15) is 39.0 Å². The van der Waals surface area contributed by atoms with Crippen LogP contribution in [0.3, 0.4) is 0 Å². The van der Waals surface area contributed by atoms with E-state index in [1.54, 1.807) is 12.2 Å². The van der Waals surface area contributed by atoms with Gasteiger partial charge in [-0.05, 0) is 25.8 Å². The van der Waals surface area contributed by atoms with E-state index in [0.717, 1.165) is 18.4 Å². The molecule has 0 bridgehead atoms. The summed E-state index contributed by atoms with van der Waals surface area (Å²) in [6, 6.07) is 0.349. The first-order valence-electron chi connectivity index (χ1n) is 6.59. The van der Waals surface area contributed by atoms with Crippen molar-refractivity contribution in [2.45, 2.75) is 45.1 Å². The number of nitrogens with one attached hydrogen (secondary N) is 1. The van der Waals surface area contributed by atoms with Crippen molar-refractivity contribution >= 4 is 5.91 Å². The molecule has 18 heavy (non-hydrogen) atoms. The summed E-state index contributed by atoms with van der Waals surface area (Å²) in [6.07, 6.45) is 12.9. The van der Waals surface area contributed by atoms with Crippen LogP contribution in [0.25, 0.3) is 0 Å². The number of carbonyl (C=O) groups excluding carboxylic acids is 1. The highest BCUT2D eigenvalue weighted by Gasteiger charge is 2.15. The van der Waals surface area contributed by atoms with E-state index in [1.165, 1.54) is 25.5 Å². The Labute approximate surface area is 110 Å². The normalized spacial score (nSPS) is 17.7.